The zero-order valence-corrected chi connectivity index (χ0v) is 30.9. The number of nitrogens with one attached hydrogen (secondary N) is 3. The molecule has 15 nitrogen and oxygen atoms in total. The van der Waals surface area contributed by atoms with Crippen LogP contribution in [0.15, 0.2) is 22.2 Å². The molecule has 0 fully saturated rings. The Labute approximate surface area is 285 Å². The van der Waals surface area contributed by atoms with E-state index in [0.29, 0.717) is 22.4 Å². The second-order valence-corrected chi connectivity index (χ2v) is 15.5. The molecule has 1 aromatic carbocycles. The Morgan fingerprint density at radius 1 is 1.00 bits per heavy atom. The number of aliphatic hydroxyl groups excluding tert-OH is 1. The van der Waals surface area contributed by atoms with Crippen molar-refractivity contribution in [2.45, 2.75) is 103 Å². The quantitative estimate of drug-likeness (QED) is 0.0843. The van der Waals surface area contributed by atoms with Crippen molar-refractivity contribution in [2.75, 3.05) is 20.8 Å². The summed E-state index contributed by atoms with van der Waals surface area (Å²) >= 11 is 0.906. The number of alkyl carbamates (subject to hydrolysis) is 2. The molecule has 0 bridgehead atoms. The van der Waals surface area contributed by atoms with Crippen LogP contribution in [0.2, 0.25) is 0 Å². The van der Waals surface area contributed by atoms with Crippen LogP contribution in [0.4, 0.5) is 9.59 Å². The molecule has 0 spiro atoms. The molecule has 0 radical (unpaired) electrons. The molecule has 48 heavy (non-hydrogen) atoms. The molecule has 1 aromatic heterocycles. The molecule has 1 heterocycles. The van der Waals surface area contributed by atoms with Crippen LogP contribution >= 0.6 is 11.3 Å². The van der Waals surface area contributed by atoms with Gasteiger partial charge in [-0.2, -0.15) is 0 Å². The molecule has 1 unspecified atom stereocenters. The number of esters is 1. The lowest BCUT2D eigenvalue weighted by Crippen LogP contribution is -2.46. The molecule has 2 amide bonds. The molecule has 0 saturated carbocycles. The maximum absolute atomic E-state index is 13.6. The van der Waals surface area contributed by atoms with Crippen LogP contribution < -0.4 is 20.1 Å². The van der Waals surface area contributed by atoms with Crippen LogP contribution in [0.1, 0.15) is 91.9 Å². The van der Waals surface area contributed by atoms with Gasteiger partial charge in [-0.3, -0.25) is 10.3 Å². The van der Waals surface area contributed by atoms with Crippen LogP contribution in [0.5, 0.6) is 5.75 Å². The highest BCUT2D eigenvalue weighted by atomic mass is 32.2. The number of thiazole rings is 1. The number of amides is 2. The minimum absolute atomic E-state index is 0.000919. The lowest BCUT2D eigenvalue weighted by molar-refractivity contribution is 0.0411. The lowest BCUT2D eigenvalue weighted by Gasteiger charge is -2.26. The molecule has 2 aromatic rings. The molecule has 2 rings (SSSR count). The highest BCUT2D eigenvalue weighted by molar-refractivity contribution is 7.90. The monoisotopic (exact) mass is 713 g/mol. The first kappa shape index (κ1) is 40.2. The number of aryl methyl sites for hydroxylation is 1. The molecule has 4 N–H and O–H groups in total. The number of carbonyl (C=O) groups is 3. The summed E-state index contributed by atoms with van der Waals surface area (Å²) in [6, 6.07) is 0.660. The number of aliphatic imine (C=N–C) groups is 1. The van der Waals surface area contributed by atoms with E-state index in [0.717, 1.165) is 11.3 Å². The Hall–Kier alpha value is -3.96. The van der Waals surface area contributed by atoms with Gasteiger partial charge >= 0.3 is 18.2 Å². The second-order valence-electron chi connectivity index (χ2n) is 12.8. The van der Waals surface area contributed by atoms with Gasteiger partial charge < -0.3 is 29.4 Å². The summed E-state index contributed by atoms with van der Waals surface area (Å²) in [6.45, 7) is 15.0. The van der Waals surface area contributed by atoms with Gasteiger partial charge in [-0.1, -0.05) is 0 Å². The second kappa shape index (κ2) is 16.4. The number of nitrogens with zero attached hydrogens (tertiary/aromatic N) is 2. The molecular formula is C31H47N5O10S2. The predicted octanol–water partition coefficient (Wildman–Crippen LogP) is 4.43. The number of ether oxygens (including phenoxy) is 4. The van der Waals surface area contributed by atoms with Gasteiger partial charge in [-0.05, 0) is 97.9 Å². The van der Waals surface area contributed by atoms with Crippen molar-refractivity contribution < 1.29 is 46.9 Å². The summed E-state index contributed by atoms with van der Waals surface area (Å²) in [6.07, 6.45) is -1.51. The largest absolute Gasteiger partial charge is 0.496 e. The maximum atomic E-state index is 13.6. The van der Waals surface area contributed by atoms with Gasteiger partial charge in [0.05, 0.1) is 31.4 Å². The lowest BCUT2D eigenvalue weighted by atomic mass is 10.1. The number of sulfonamides is 1. The zero-order chi connectivity index (χ0) is 36.6. The van der Waals surface area contributed by atoms with Gasteiger partial charge in [0, 0.05) is 6.54 Å². The number of aliphatic hydroxyl groups is 1. The van der Waals surface area contributed by atoms with Crippen molar-refractivity contribution in [3.05, 3.63) is 38.8 Å². The van der Waals surface area contributed by atoms with Crippen molar-refractivity contribution in [3.8, 4) is 5.75 Å². The Morgan fingerprint density at radius 3 is 2.17 bits per heavy atom. The molecule has 0 saturated heterocycles. The van der Waals surface area contributed by atoms with Crippen LogP contribution in [-0.4, -0.2) is 80.6 Å². The molecule has 0 aliphatic heterocycles. The maximum Gasteiger partial charge on any atom is 0.414 e. The van der Waals surface area contributed by atoms with Crippen LogP contribution in [-0.2, 0) is 24.2 Å². The first-order valence-electron chi connectivity index (χ1n) is 15.0. The molecule has 2 atom stereocenters. The fourth-order valence-corrected chi connectivity index (χ4v) is 6.78. The number of aromatic nitrogens is 1. The van der Waals surface area contributed by atoms with E-state index >= 15 is 0 Å². The normalized spacial score (nSPS) is 13.6. The topological polar surface area (TPSA) is 204 Å². The fourth-order valence-electron chi connectivity index (χ4n) is 4.38. The highest BCUT2D eigenvalue weighted by Crippen LogP contribution is 2.30. The molecule has 0 aliphatic rings. The smallest absolute Gasteiger partial charge is 0.414 e. The number of benzene rings is 1. The third-order valence-electron chi connectivity index (χ3n) is 6.51. The zero-order valence-electron chi connectivity index (χ0n) is 29.3. The van der Waals surface area contributed by atoms with Crippen molar-refractivity contribution >= 4 is 45.5 Å². The number of guanidine groups is 1. The van der Waals surface area contributed by atoms with Crippen molar-refractivity contribution in [3.63, 3.8) is 0 Å². The third-order valence-corrected chi connectivity index (χ3v) is 9.18. The number of methoxy groups -OCH3 is 2. The number of carbonyl (C=O) groups excluding carboxylic acids is 3. The van der Waals surface area contributed by atoms with E-state index in [-0.39, 0.29) is 34.2 Å². The third kappa shape index (κ3) is 11.9. The number of hydrogen-bond donors (Lipinski definition) is 4. The Morgan fingerprint density at radius 2 is 1.60 bits per heavy atom. The summed E-state index contributed by atoms with van der Waals surface area (Å²) in [5, 5.41) is 16.3. The Bertz CT molecular complexity index is 1610. The van der Waals surface area contributed by atoms with Gasteiger partial charge in [0.1, 0.15) is 32.9 Å². The van der Waals surface area contributed by atoms with Crippen molar-refractivity contribution in [1.29, 1.82) is 0 Å². The van der Waals surface area contributed by atoms with E-state index in [9.17, 15) is 27.9 Å². The molecular weight excluding hydrogens is 667 g/mol. The van der Waals surface area contributed by atoms with Crippen molar-refractivity contribution in [1.82, 2.24) is 20.3 Å². The van der Waals surface area contributed by atoms with E-state index < -0.39 is 57.5 Å². The fraction of sp³-hybridized carbons (Fsp3) is 0.581. The van der Waals surface area contributed by atoms with Crippen LogP contribution in [0, 0.1) is 20.8 Å². The van der Waals surface area contributed by atoms with Crippen LogP contribution in [0.3, 0.4) is 0 Å². The average molecular weight is 714 g/mol. The Balaban J connectivity index is 2.37. The minimum atomic E-state index is -4.27. The first-order chi connectivity index (χ1) is 22.1. The summed E-state index contributed by atoms with van der Waals surface area (Å²) in [5.41, 5.74) is -0.195. The van der Waals surface area contributed by atoms with Gasteiger partial charge in [0.25, 0.3) is 10.0 Å². The van der Waals surface area contributed by atoms with Gasteiger partial charge in [0.15, 0.2) is 0 Å². The van der Waals surface area contributed by atoms with E-state index in [4.69, 9.17) is 18.9 Å². The van der Waals surface area contributed by atoms with E-state index in [2.05, 4.69) is 25.3 Å². The highest BCUT2D eigenvalue weighted by Gasteiger charge is 2.29. The molecule has 0 aliphatic carbocycles. The SMILES string of the molecule is COC(=O)c1cnc(C(O)[C@H](CCCN=C(NC(=O)OC(C)(C)C)NS(=O)(=O)c2c(C)cc(OC)c(C)c2C)NC(=O)OC(C)(C)C)s1. The first-order valence-corrected chi connectivity index (χ1v) is 17.3. The number of rotatable bonds is 11. The average Bonchev–Trinajstić information content (AvgIpc) is 3.43. The molecule has 268 valence electrons. The summed E-state index contributed by atoms with van der Waals surface area (Å²) in [7, 11) is -1.55. The van der Waals surface area contributed by atoms with Crippen molar-refractivity contribution in [2.24, 2.45) is 4.99 Å². The number of hydrogen-bond acceptors (Lipinski definition) is 13. The summed E-state index contributed by atoms with van der Waals surface area (Å²) in [5.74, 6) is -0.489. The van der Waals surface area contributed by atoms with Gasteiger partial charge in [-0.15, -0.1) is 11.3 Å². The van der Waals surface area contributed by atoms with Gasteiger partial charge in [-0.25, -0.2) is 32.5 Å². The summed E-state index contributed by atoms with van der Waals surface area (Å²) in [4.78, 5) is 45.8. The predicted molar refractivity (Wildman–Crippen MR) is 180 cm³/mol. The summed E-state index contributed by atoms with van der Waals surface area (Å²) < 4.78 is 50.4. The minimum Gasteiger partial charge on any atom is -0.496 e. The molecule has 17 heteroatoms. The van der Waals surface area contributed by atoms with E-state index in [1.807, 2.05) is 0 Å². The van der Waals surface area contributed by atoms with E-state index in [1.54, 1.807) is 68.4 Å². The van der Waals surface area contributed by atoms with Crippen LogP contribution in [0.25, 0.3) is 0 Å². The van der Waals surface area contributed by atoms with E-state index in [1.165, 1.54) is 20.4 Å². The van der Waals surface area contributed by atoms with Gasteiger partial charge in [0.2, 0.25) is 5.96 Å². The standard InChI is InChI=1S/C31H47N5O10S2/c1-17-15-21(43-10)18(2)19(3)24(17)48(41,42)36-27(35-29(40)46-31(7,8)9)32-14-12-13-20(34-28(39)45-30(4,5)6)23(37)25-33-16-22(47-25)26(38)44-11/h15-16,20,23,37H,12-14H2,1-11H3,(H,34,39)(H2,32,35,36,40)/t20-,23?/m0/s1. The Kier molecular flexibility index (Phi) is 13.8.